The maximum Gasteiger partial charge on any atom is 0.324 e. The van der Waals surface area contributed by atoms with Gasteiger partial charge in [0.2, 0.25) is 11.8 Å². The molecular formula is C27H30Cl2FN3O3. The number of carbonyl (C=O) groups is 3. The zero-order valence-corrected chi connectivity index (χ0v) is 21.7. The van der Waals surface area contributed by atoms with E-state index in [4.69, 9.17) is 23.2 Å². The van der Waals surface area contributed by atoms with Gasteiger partial charge in [0.25, 0.3) is 0 Å². The standard InChI is InChI=1S/C27H30Cl2FN3O3/c1-27(13-5-6-14-27)24(22-20(30)11-10-19(28)23(22)29)32-25(35)18-9-12-21(34)33(26(36)31-15-18)16-17-7-3-2-4-8-17/h2-4,7-8,10-11,18,24H,5-6,9,12-16H2,1H3,(H,31,36)(H,32,35)/t18-,24-/m1/s1. The highest BCUT2D eigenvalue weighted by atomic mass is 35.5. The Balaban J connectivity index is 1.51. The van der Waals surface area contributed by atoms with E-state index in [1.54, 1.807) is 0 Å². The molecule has 36 heavy (non-hydrogen) atoms. The summed E-state index contributed by atoms with van der Waals surface area (Å²) in [5.74, 6) is -1.88. The molecule has 2 aliphatic rings. The number of urea groups is 1. The minimum Gasteiger partial charge on any atom is -0.348 e. The van der Waals surface area contributed by atoms with E-state index in [1.165, 1.54) is 17.0 Å². The second kappa shape index (κ2) is 11.2. The third-order valence-corrected chi connectivity index (χ3v) is 8.22. The van der Waals surface area contributed by atoms with Crippen molar-refractivity contribution < 1.29 is 18.8 Å². The summed E-state index contributed by atoms with van der Waals surface area (Å²) in [6.45, 7) is 2.25. The molecule has 1 saturated heterocycles. The van der Waals surface area contributed by atoms with E-state index in [0.717, 1.165) is 31.2 Å². The maximum absolute atomic E-state index is 15.0. The predicted molar refractivity (Wildman–Crippen MR) is 137 cm³/mol. The van der Waals surface area contributed by atoms with Crippen LogP contribution in [0.25, 0.3) is 0 Å². The number of benzene rings is 2. The summed E-state index contributed by atoms with van der Waals surface area (Å²) in [6, 6.07) is 10.7. The minimum absolute atomic E-state index is 0.0482. The van der Waals surface area contributed by atoms with Gasteiger partial charge in [0.1, 0.15) is 5.82 Å². The first-order chi connectivity index (χ1) is 17.2. The number of nitrogens with one attached hydrogen (secondary N) is 2. The van der Waals surface area contributed by atoms with Crippen LogP contribution in [0.4, 0.5) is 9.18 Å². The molecule has 4 rings (SSSR count). The van der Waals surface area contributed by atoms with E-state index >= 15 is 4.39 Å². The van der Waals surface area contributed by atoms with Gasteiger partial charge in [0, 0.05) is 18.5 Å². The Bertz CT molecular complexity index is 1120. The van der Waals surface area contributed by atoms with E-state index in [-0.39, 0.29) is 53.4 Å². The Labute approximate surface area is 220 Å². The number of amides is 4. The molecule has 0 radical (unpaired) electrons. The largest absolute Gasteiger partial charge is 0.348 e. The lowest BCUT2D eigenvalue weighted by molar-refractivity contribution is -0.131. The fraction of sp³-hybridized carbons (Fsp3) is 0.444. The molecule has 1 saturated carbocycles. The molecule has 2 atom stereocenters. The molecule has 1 aliphatic carbocycles. The third-order valence-electron chi connectivity index (χ3n) is 7.40. The average molecular weight is 534 g/mol. The van der Waals surface area contributed by atoms with Gasteiger partial charge >= 0.3 is 6.03 Å². The lowest BCUT2D eigenvalue weighted by atomic mass is 9.76. The van der Waals surface area contributed by atoms with Gasteiger partial charge < -0.3 is 10.6 Å². The summed E-state index contributed by atoms with van der Waals surface area (Å²) in [7, 11) is 0. The van der Waals surface area contributed by atoms with Gasteiger partial charge in [-0.1, -0.05) is 73.3 Å². The number of hydrogen-bond acceptors (Lipinski definition) is 3. The minimum atomic E-state index is -0.690. The highest BCUT2D eigenvalue weighted by molar-refractivity contribution is 6.42. The quantitative estimate of drug-likeness (QED) is 0.445. The molecule has 0 aromatic heterocycles. The normalized spacial score (nSPS) is 20.9. The predicted octanol–water partition coefficient (Wildman–Crippen LogP) is 6.02. The van der Waals surface area contributed by atoms with Crippen LogP contribution in [0.15, 0.2) is 42.5 Å². The van der Waals surface area contributed by atoms with Gasteiger partial charge in [-0.2, -0.15) is 0 Å². The van der Waals surface area contributed by atoms with E-state index in [1.807, 2.05) is 37.3 Å². The fourth-order valence-corrected chi connectivity index (χ4v) is 5.66. The van der Waals surface area contributed by atoms with Crippen molar-refractivity contribution in [3.8, 4) is 0 Å². The molecule has 2 aromatic rings. The molecule has 1 aliphatic heterocycles. The molecule has 2 aromatic carbocycles. The van der Waals surface area contributed by atoms with Crippen molar-refractivity contribution in [3.63, 3.8) is 0 Å². The van der Waals surface area contributed by atoms with Gasteiger partial charge in [0.15, 0.2) is 0 Å². The Morgan fingerprint density at radius 2 is 1.86 bits per heavy atom. The van der Waals surface area contributed by atoms with Crippen LogP contribution in [0, 0.1) is 17.2 Å². The molecule has 0 bridgehead atoms. The summed E-state index contributed by atoms with van der Waals surface area (Å²) in [6.07, 6.45) is 3.84. The van der Waals surface area contributed by atoms with Crippen molar-refractivity contribution in [2.75, 3.05) is 6.54 Å². The zero-order valence-electron chi connectivity index (χ0n) is 20.2. The van der Waals surface area contributed by atoms with Crippen molar-refractivity contribution in [1.82, 2.24) is 15.5 Å². The molecular weight excluding hydrogens is 504 g/mol. The zero-order chi connectivity index (χ0) is 25.9. The van der Waals surface area contributed by atoms with Gasteiger partial charge in [-0.05, 0) is 42.4 Å². The lowest BCUT2D eigenvalue weighted by Crippen LogP contribution is -2.50. The van der Waals surface area contributed by atoms with E-state index in [9.17, 15) is 14.4 Å². The van der Waals surface area contributed by atoms with Crippen LogP contribution in [0.2, 0.25) is 10.0 Å². The topological polar surface area (TPSA) is 78.5 Å². The van der Waals surface area contributed by atoms with E-state index in [2.05, 4.69) is 10.6 Å². The molecule has 4 amide bonds. The number of halogens is 3. The number of nitrogens with zero attached hydrogens (tertiary/aromatic N) is 1. The average Bonchev–Trinajstić information content (AvgIpc) is 3.31. The van der Waals surface area contributed by atoms with Crippen LogP contribution in [0.5, 0.6) is 0 Å². The Kier molecular flexibility index (Phi) is 8.20. The monoisotopic (exact) mass is 533 g/mol. The number of rotatable bonds is 6. The fourth-order valence-electron chi connectivity index (χ4n) is 5.24. The second-order valence-electron chi connectivity index (χ2n) is 9.95. The van der Waals surface area contributed by atoms with Gasteiger partial charge in [-0.25, -0.2) is 9.18 Å². The van der Waals surface area contributed by atoms with Crippen molar-refractivity contribution >= 4 is 41.0 Å². The van der Waals surface area contributed by atoms with Crippen molar-refractivity contribution in [2.24, 2.45) is 11.3 Å². The molecule has 2 N–H and O–H groups in total. The van der Waals surface area contributed by atoms with Gasteiger partial charge in [-0.3, -0.25) is 14.5 Å². The van der Waals surface area contributed by atoms with Crippen molar-refractivity contribution in [3.05, 3.63) is 69.5 Å². The number of carbonyl (C=O) groups excluding carboxylic acids is 3. The molecule has 1 heterocycles. The van der Waals surface area contributed by atoms with Crippen LogP contribution in [-0.4, -0.2) is 29.3 Å². The summed E-state index contributed by atoms with van der Waals surface area (Å²) in [5, 5.41) is 6.06. The molecule has 9 heteroatoms. The molecule has 0 spiro atoms. The summed E-state index contributed by atoms with van der Waals surface area (Å²) >= 11 is 12.7. The summed E-state index contributed by atoms with van der Waals surface area (Å²) in [5.41, 5.74) is 0.615. The van der Waals surface area contributed by atoms with Crippen LogP contribution in [0.1, 0.15) is 62.6 Å². The molecule has 6 nitrogen and oxygen atoms in total. The molecule has 192 valence electrons. The number of imide groups is 1. The second-order valence-corrected chi connectivity index (χ2v) is 10.7. The highest BCUT2D eigenvalue weighted by Crippen LogP contribution is 2.50. The third kappa shape index (κ3) is 5.68. The SMILES string of the molecule is CC1([C@H](NC(=O)[C@@H]2CCC(=O)N(Cc3ccccc3)C(=O)NC2)c2c(F)ccc(Cl)c2Cl)CCCC1. The first-order valence-corrected chi connectivity index (χ1v) is 13.0. The molecule has 0 unspecified atom stereocenters. The van der Waals surface area contributed by atoms with Gasteiger partial charge in [0.05, 0.1) is 28.5 Å². The first-order valence-electron chi connectivity index (χ1n) is 12.3. The lowest BCUT2D eigenvalue weighted by Gasteiger charge is -2.37. The van der Waals surface area contributed by atoms with Crippen LogP contribution >= 0.6 is 23.2 Å². The Hall–Kier alpha value is -2.64. The maximum atomic E-state index is 15.0. The van der Waals surface area contributed by atoms with Gasteiger partial charge in [-0.15, -0.1) is 0 Å². The first kappa shape index (κ1) is 26.4. The van der Waals surface area contributed by atoms with Crippen LogP contribution < -0.4 is 10.6 Å². The van der Waals surface area contributed by atoms with Crippen molar-refractivity contribution in [2.45, 2.75) is 58.0 Å². The van der Waals surface area contributed by atoms with E-state index < -0.39 is 29.2 Å². The van der Waals surface area contributed by atoms with E-state index in [0.29, 0.717) is 0 Å². The highest BCUT2D eigenvalue weighted by Gasteiger charge is 2.42. The molecule has 2 fully saturated rings. The van der Waals surface area contributed by atoms with Crippen LogP contribution in [0.3, 0.4) is 0 Å². The summed E-state index contributed by atoms with van der Waals surface area (Å²) in [4.78, 5) is 40.2. The Morgan fingerprint density at radius 1 is 1.17 bits per heavy atom. The Morgan fingerprint density at radius 3 is 2.56 bits per heavy atom. The number of hydrogen-bond donors (Lipinski definition) is 2. The van der Waals surface area contributed by atoms with Crippen LogP contribution in [-0.2, 0) is 16.1 Å². The van der Waals surface area contributed by atoms with Crippen molar-refractivity contribution in [1.29, 1.82) is 0 Å². The summed E-state index contributed by atoms with van der Waals surface area (Å²) < 4.78 is 15.0. The smallest absolute Gasteiger partial charge is 0.324 e.